The minimum absolute atomic E-state index is 0.370. The van der Waals surface area contributed by atoms with Crippen molar-refractivity contribution in [3.63, 3.8) is 0 Å². The standard InChI is InChI=1S/C21H19N5O2/c22-19-7-4-12-21(23,26-19)18-13-20(25-14-24-18)28-17-10-8-16(9-11-17)27-15-5-2-1-3-6-15/h1-14,26H,22-23H2. The Morgan fingerprint density at radius 1 is 0.857 bits per heavy atom. The van der Waals surface area contributed by atoms with E-state index >= 15 is 0 Å². The third-order valence-corrected chi connectivity index (χ3v) is 4.08. The van der Waals surface area contributed by atoms with Crippen molar-refractivity contribution in [2.75, 3.05) is 0 Å². The lowest BCUT2D eigenvalue weighted by Crippen LogP contribution is -2.51. The highest BCUT2D eigenvalue weighted by molar-refractivity contribution is 5.38. The summed E-state index contributed by atoms with van der Waals surface area (Å²) in [5.41, 5.74) is 11.7. The van der Waals surface area contributed by atoms with Crippen LogP contribution in [0.5, 0.6) is 23.1 Å². The molecular formula is C21H19N5O2. The molecule has 1 aliphatic heterocycles. The zero-order valence-corrected chi connectivity index (χ0v) is 14.9. The summed E-state index contributed by atoms with van der Waals surface area (Å²) in [5.74, 6) is 2.92. The van der Waals surface area contributed by atoms with Gasteiger partial charge in [0.2, 0.25) is 5.88 Å². The monoisotopic (exact) mass is 373 g/mol. The van der Waals surface area contributed by atoms with Crippen LogP contribution in [0.2, 0.25) is 0 Å². The molecule has 0 amide bonds. The highest BCUT2D eigenvalue weighted by Crippen LogP contribution is 2.27. The molecular weight excluding hydrogens is 354 g/mol. The van der Waals surface area contributed by atoms with Crippen molar-refractivity contribution in [1.29, 1.82) is 0 Å². The molecule has 0 saturated carbocycles. The number of nitrogens with zero attached hydrogens (tertiary/aromatic N) is 2. The predicted molar refractivity (Wildman–Crippen MR) is 105 cm³/mol. The molecule has 28 heavy (non-hydrogen) atoms. The van der Waals surface area contributed by atoms with Crippen LogP contribution in [-0.4, -0.2) is 9.97 Å². The molecule has 7 heteroatoms. The van der Waals surface area contributed by atoms with E-state index in [1.165, 1.54) is 6.33 Å². The van der Waals surface area contributed by atoms with Crippen LogP contribution in [-0.2, 0) is 5.66 Å². The third-order valence-electron chi connectivity index (χ3n) is 4.08. The van der Waals surface area contributed by atoms with E-state index in [0.29, 0.717) is 28.9 Å². The molecule has 0 aliphatic carbocycles. The van der Waals surface area contributed by atoms with E-state index in [4.69, 9.17) is 20.9 Å². The number of nitrogens with two attached hydrogens (primary N) is 2. The molecule has 1 aliphatic rings. The Hall–Kier alpha value is -3.84. The largest absolute Gasteiger partial charge is 0.457 e. The Bertz CT molecular complexity index is 1020. The van der Waals surface area contributed by atoms with Gasteiger partial charge in [-0.1, -0.05) is 24.3 Å². The molecule has 2 aromatic carbocycles. The highest BCUT2D eigenvalue weighted by Gasteiger charge is 2.28. The molecule has 0 fully saturated rings. The molecule has 0 bridgehead atoms. The average Bonchev–Trinajstić information content (AvgIpc) is 2.70. The summed E-state index contributed by atoms with van der Waals surface area (Å²) in [6, 6.07) is 18.5. The first-order chi connectivity index (χ1) is 13.6. The van der Waals surface area contributed by atoms with Gasteiger partial charge in [-0.2, -0.15) is 0 Å². The van der Waals surface area contributed by atoms with Crippen molar-refractivity contribution in [3.05, 3.63) is 96.7 Å². The van der Waals surface area contributed by atoms with Crippen LogP contribution in [0.15, 0.2) is 91.0 Å². The zero-order chi connectivity index (χ0) is 19.4. The number of allylic oxidation sites excluding steroid dienone is 2. The van der Waals surface area contributed by atoms with Gasteiger partial charge in [-0.15, -0.1) is 0 Å². The summed E-state index contributed by atoms with van der Waals surface area (Å²) < 4.78 is 11.6. The molecule has 0 spiro atoms. The van der Waals surface area contributed by atoms with E-state index in [2.05, 4.69) is 15.3 Å². The maximum absolute atomic E-state index is 6.35. The van der Waals surface area contributed by atoms with Crippen LogP contribution in [0.3, 0.4) is 0 Å². The lowest BCUT2D eigenvalue weighted by molar-refractivity contribution is 0.433. The normalized spacial score (nSPS) is 18.1. The van der Waals surface area contributed by atoms with Crippen LogP contribution < -0.4 is 26.3 Å². The van der Waals surface area contributed by atoms with Crippen LogP contribution in [0.4, 0.5) is 0 Å². The number of nitrogens with one attached hydrogen (secondary N) is 1. The zero-order valence-electron chi connectivity index (χ0n) is 14.9. The first-order valence-corrected chi connectivity index (χ1v) is 8.66. The van der Waals surface area contributed by atoms with Crippen LogP contribution in [0, 0.1) is 0 Å². The van der Waals surface area contributed by atoms with Gasteiger partial charge in [0.05, 0.1) is 11.5 Å². The maximum atomic E-state index is 6.35. The van der Waals surface area contributed by atoms with Crippen LogP contribution in [0.25, 0.3) is 0 Å². The Balaban J connectivity index is 1.47. The smallest absolute Gasteiger partial charge is 0.222 e. The van der Waals surface area contributed by atoms with Gasteiger partial charge in [0.1, 0.15) is 23.6 Å². The Morgan fingerprint density at radius 2 is 1.54 bits per heavy atom. The molecule has 5 N–H and O–H groups in total. The molecule has 140 valence electrons. The molecule has 4 rings (SSSR count). The Morgan fingerprint density at radius 3 is 2.25 bits per heavy atom. The number of ether oxygens (including phenoxy) is 2. The van der Waals surface area contributed by atoms with Gasteiger partial charge in [0, 0.05) is 6.07 Å². The summed E-state index contributed by atoms with van der Waals surface area (Å²) in [4.78, 5) is 8.39. The number of benzene rings is 2. The third kappa shape index (κ3) is 3.94. The number of dihydropyridines is 1. The molecule has 0 saturated heterocycles. The molecule has 3 aromatic rings. The molecule has 1 aromatic heterocycles. The minimum atomic E-state index is -1.02. The summed E-state index contributed by atoms with van der Waals surface area (Å²) in [6.45, 7) is 0. The van der Waals surface area contributed by atoms with Crippen molar-refractivity contribution in [3.8, 4) is 23.1 Å². The van der Waals surface area contributed by atoms with Gasteiger partial charge in [-0.05, 0) is 48.6 Å². The van der Waals surface area contributed by atoms with Gasteiger partial charge in [-0.25, -0.2) is 9.97 Å². The lowest BCUT2D eigenvalue weighted by atomic mass is 10.0. The minimum Gasteiger partial charge on any atom is -0.457 e. The van der Waals surface area contributed by atoms with Crippen LogP contribution >= 0.6 is 0 Å². The second-order valence-electron chi connectivity index (χ2n) is 6.21. The van der Waals surface area contributed by atoms with Crippen molar-refractivity contribution in [2.24, 2.45) is 11.5 Å². The van der Waals surface area contributed by atoms with Crippen LogP contribution in [0.1, 0.15) is 5.69 Å². The first-order valence-electron chi connectivity index (χ1n) is 8.66. The predicted octanol–water partition coefficient (Wildman–Crippen LogP) is 3.13. The number of aromatic nitrogens is 2. The fourth-order valence-corrected chi connectivity index (χ4v) is 2.72. The van der Waals surface area contributed by atoms with Gasteiger partial charge in [-0.3, -0.25) is 0 Å². The molecule has 2 heterocycles. The lowest BCUT2D eigenvalue weighted by Gasteiger charge is -2.30. The van der Waals surface area contributed by atoms with E-state index in [1.807, 2.05) is 42.5 Å². The average molecular weight is 373 g/mol. The second-order valence-corrected chi connectivity index (χ2v) is 6.21. The Labute approximate surface area is 162 Å². The van der Waals surface area contributed by atoms with E-state index in [-0.39, 0.29) is 0 Å². The van der Waals surface area contributed by atoms with E-state index < -0.39 is 5.66 Å². The summed E-state index contributed by atoms with van der Waals surface area (Å²) in [6.07, 6.45) is 6.67. The second kappa shape index (κ2) is 7.42. The Kier molecular flexibility index (Phi) is 4.65. The molecule has 0 radical (unpaired) electrons. The van der Waals surface area contributed by atoms with Gasteiger partial charge in [0.15, 0.2) is 5.66 Å². The topological polar surface area (TPSA) is 108 Å². The van der Waals surface area contributed by atoms with Crippen molar-refractivity contribution in [1.82, 2.24) is 15.3 Å². The molecule has 1 unspecified atom stereocenters. The van der Waals surface area contributed by atoms with Gasteiger partial charge in [0.25, 0.3) is 0 Å². The van der Waals surface area contributed by atoms with Crippen molar-refractivity contribution < 1.29 is 9.47 Å². The number of rotatable bonds is 5. The number of para-hydroxylation sites is 1. The van der Waals surface area contributed by atoms with E-state index in [9.17, 15) is 0 Å². The quantitative estimate of drug-likeness (QED) is 0.630. The van der Waals surface area contributed by atoms with Gasteiger partial charge >= 0.3 is 0 Å². The summed E-state index contributed by atoms with van der Waals surface area (Å²) >= 11 is 0. The number of hydrogen-bond donors (Lipinski definition) is 3. The fourth-order valence-electron chi connectivity index (χ4n) is 2.72. The summed E-state index contributed by atoms with van der Waals surface area (Å²) in [7, 11) is 0. The van der Waals surface area contributed by atoms with Crippen molar-refractivity contribution >= 4 is 0 Å². The number of hydrogen-bond acceptors (Lipinski definition) is 7. The molecule has 1 atom stereocenters. The van der Waals surface area contributed by atoms with E-state index in [0.717, 1.165) is 5.75 Å². The van der Waals surface area contributed by atoms with Gasteiger partial charge < -0.3 is 26.3 Å². The maximum Gasteiger partial charge on any atom is 0.222 e. The molecule has 7 nitrogen and oxygen atoms in total. The summed E-state index contributed by atoms with van der Waals surface area (Å²) in [5, 5.41) is 3.00. The fraction of sp³-hybridized carbons (Fsp3) is 0.0476. The first kappa shape index (κ1) is 17.6. The van der Waals surface area contributed by atoms with Crippen molar-refractivity contribution in [2.45, 2.75) is 5.66 Å². The highest BCUT2D eigenvalue weighted by atomic mass is 16.5. The SMILES string of the molecule is NC1=CC=CC(N)(c2cc(Oc3ccc(Oc4ccccc4)cc3)ncn2)N1. The van der Waals surface area contributed by atoms with E-state index in [1.54, 1.807) is 36.4 Å².